The van der Waals surface area contributed by atoms with E-state index in [0.717, 1.165) is 0 Å². The summed E-state index contributed by atoms with van der Waals surface area (Å²) >= 11 is 0. The maximum absolute atomic E-state index is 12.3. The van der Waals surface area contributed by atoms with Gasteiger partial charge in [-0.1, -0.05) is 6.92 Å². The van der Waals surface area contributed by atoms with Crippen LogP contribution < -0.4 is 10.5 Å². The van der Waals surface area contributed by atoms with Gasteiger partial charge in [0.2, 0.25) is 10.0 Å². The fraction of sp³-hybridized carbons (Fsp3) is 0.429. The second-order valence-corrected chi connectivity index (χ2v) is 7.05. The van der Waals surface area contributed by atoms with E-state index in [-0.39, 0.29) is 16.8 Å². The van der Waals surface area contributed by atoms with Gasteiger partial charge in [0.1, 0.15) is 0 Å². The SMILES string of the molecule is CC[C@@H]1C[C@](C)(C(=O)Nc2ccc(S(N)(=O)=O)cc2)OC1=O. The molecule has 1 saturated heterocycles. The molecule has 0 aliphatic carbocycles. The maximum Gasteiger partial charge on any atom is 0.310 e. The first-order chi connectivity index (χ1) is 10.2. The molecule has 0 bridgehead atoms. The third kappa shape index (κ3) is 3.28. The molecule has 0 saturated carbocycles. The van der Waals surface area contributed by atoms with Gasteiger partial charge in [-0.3, -0.25) is 9.59 Å². The van der Waals surface area contributed by atoms with Crippen LogP contribution in [0.2, 0.25) is 0 Å². The predicted molar refractivity (Wildman–Crippen MR) is 79.3 cm³/mol. The second kappa shape index (κ2) is 5.69. The Hall–Kier alpha value is -1.93. The number of hydrogen-bond acceptors (Lipinski definition) is 5. The molecular weight excluding hydrogens is 308 g/mol. The van der Waals surface area contributed by atoms with E-state index in [9.17, 15) is 18.0 Å². The van der Waals surface area contributed by atoms with E-state index >= 15 is 0 Å². The average Bonchev–Trinajstić information content (AvgIpc) is 2.74. The number of ether oxygens (including phenoxy) is 1. The summed E-state index contributed by atoms with van der Waals surface area (Å²) in [6.07, 6.45) is 0.939. The summed E-state index contributed by atoms with van der Waals surface area (Å²) in [7, 11) is -3.78. The number of sulfonamides is 1. The van der Waals surface area contributed by atoms with Crippen molar-refractivity contribution in [1.29, 1.82) is 0 Å². The Morgan fingerprint density at radius 3 is 2.45 bits per heavy atom. The quantitative estimate of drug-likeness (QED) is 0.801. The van der Waals surface area contributed by atoms with Crippen molar-refractivity contribution in [1.82, 2.24) is 0 Å². The fourth-order valence-corrected chi connectivity index (χ4v) is 2.86. The van der Waals surface area contributed by atoms with Crippen molar-refractivity contribution in [3.8, 4) is 0 Å². The molecule has 1 fully saturated rings. The van der Waals surface area contributed by atoms with E-state index < -0.39 is 21.5 Å². The van der Waals surface area contributed by atoms with Crippen molar-refractivity contribution in [2.45, 2.75) is 37.2 Å². The minimum absolute atomic E-state index is 0.0462. The number of carbonyl (C=O) groups is 2. The summed E-state index contributed by atoms with van der Waals surface area (Å²) in [6.45, 7) is 3.43. The highest BCUT2D eigenvalue weighted by molar-refractivity contribution is 7.89. The molecule has 2 atom stereocenters. The van der Waals surface area contributed by atoms with Crippen molar-refractivity contribution < 1.29 is 22.7 Å². The number of nitrogens with two attached hydrogens (primary N) is 1. The van der Waals surface area contributed by atoms with Crippen molar-refractivity contribution in [3.05, 3.63) is 24.3 Å². The van der Waals surface area contributed by atoms with Crippen LogP contribution in [0.25, 0.3) is 0 Å². The monoisotopic (exact) mass is 326 g/mol. The van der Waals surface area contributed by atoms with E-state index in [1.165, 1.54) is 24.3 Å². The van der Waals surface area contributed by atoms with Crippen molar-refractivity contribution in [3.63, 3.8) is 0 Å². The Labute approximate surface area is 128 Å². The summed E-state index contributed by atoms with van der Waals surface area (Å²) in [5, 5.41) is 7.62. The van der Waals surface area contributed by atoms with Gasteiger partial charge >= 0.3 is 5.97 Å². The van der Waals surface area contributed by atoms with Crippen LogP contribution in [0.3, 0.4) is 0 Å². The van der Waals surface area contributed by atoms with Crippen LogP contribution >= 0.6 is 0 Å². The lowest BCUT2D eigenvalue weighted by Gasteiger charge is -2.21. The van der Waals surface area contributed by atoms with Gasteiger partial charge in [-0.2, -0.15) is 0 Å². The lowest BCUT2D eigenvalue weighted by Crippen LogP contribution is -2.39. The Morgan fingerprint density at radius 2 is 2.00 bits per heavy atom. The van der Waals surface area contributed by atoms with Crippen LogP contribution in [-0.4, -0.2) is 25.9 Å². The number of amides is 1. The lowest BCUT2D eigenvalue weighted by atomic mass is 9.93. The molecule has 8 heteroatoms. The van der Waals surface area contributed by atoms with Gasteiger partial charge in [-0.15, -0.1) is 0 Å². The number of esters is 1. The first kappa shape index (κ1) is 16.4. The van der Waals surface area contributed by atoms with Crippen LogP contribution in [0.1, 0.15) is 26.7 Å². The van der Waals surface area contributed by atoms with Crippen molar-refractivity contribution in [2.75, 3.05) is 5.32 Å². The molecule has 1 aliphatic rings. The zero-order valence-corrected chi connectivity index (χ0v) is 13.1. The van der Waals surface area contributed by atoms with Crippen LogP contribution in [0.5, 0.6) is 0 Å². The number of rotatable bonds is 4. The Morgan fingerprint density at radius 1 is 1.41 bits per heavy atom. The van der Waals surface area contributed by atoms with Crippen LogP contribution in [0, 0.1) is 5.92 Å². The van der Waals surface area contributed by atoms with Gasteiger partial charge in [0.15, 0.2) is 5.60 Å². The normalized spacial score (nSPS) is 24.9. The minimum Gasteiger partial charge on any atom is -0.449 e. The van der Waals surface area contributed by atoms with Crippen LogP contribution in [-0.2, 0) is 24.3 Å². The van der Waals surface area contributed by atoms with E-state index in [0.29, 0.717) is 18.5 Å². The number of anilines is 1. The molecule has 1 aromatic carbocycles. The smallest absolute Gasteiger partial charge is 0.310 e. The average molecular weight is 326 g/mol. The van der Waals surface area contributed by atoms with Gasteiger partial charge < -0.3 is 10.1 Å². The molecule has 0 radical (unpaired) electrons. The molecule has 0 unspecified atom stereocenters. The Bertz CT molecular complexity index is 698. The second-order valence-electron chi connectivity index (χ2n) is 5.48. The lowest BCUT2D eigenvalue weighted by molar-refractivity contribution is -0.155. The first-order valence-corrected chi connectivity index (χ1v) is 8.37. The summed E-state index contributed by atoms with van der Waals surface area (Å²) in [5.74, 6) is -1.09. The topological polar surface area (TPSA) is 116 Å². The molecular formula is C14H18N2O5S. The van der Waals surface area contributed by atoms with E-state index in [2.05, 4.69) is 5.32 Å². The molecule has 2 rings (SSSR count). The number of carbonyl (C=O) groups excluding carboxylic acids is 2. The molecule has 3 N–H and O–H groups in total. The highest BCUT2D eigenvalue weighted by Gasteiger charge is 2.47. The highest BCUT2D eigenvalue weighted by atomic mass is 32.2. The van der Waals surface area contributed by atoms with Crippen LogP contribution in [0.15, 0.2) is 29.2 Å². The molecule has 1 amide bonds. The van der Waals surface area contributed by atoms with Gasteiger partial charge in [0.25, 0.3) is 5.91 Å². The highest BCUT2D eigenvalue weighted by Crippen LogP contribution is 2.33. The number of hydrogen-bond donors (Lipinski definition) is 2. The Balaban J connectivity index is 2.11. The maximum atomic E-state index is 12.3. The van der Waals surface area contributed by atoms with Gasteiger partial charge in [0.05, 0.1) is 10.8 Å². The summed E-state index contributed by atoms with van der Waals surface area (Å²) in [5.41, 5.74) is -0.814. The third-order valence-corrected chi connectivity index (χ3v) is 4.64. The molecule has 1 heterocycles. The van der Waals surface area contributed by atoms with Gasteiger partial charge in [-0.25, -0.2) is 13.6 Å². The number of primary sulfonamides is 1. The Kier molecular flexibility index (Phi) is 4.25. The van der Waals surface area contributed by atoms with E-state index in [1.807, 2.05) is 6.92 Å². The molecule has 1 aromatic rings. The molecule has 1 aliphatic heterocycles. The zero-order chi connectivity index (χ0) is 16.5. The molecule has 22 heavy (non-hydrogen) atoms. The molecule has 7 nitrogen and oxygen atoms in total. The van der Waals surface area contributed by atoms with Gasteiger partial charge in [0, 0.05) is 12.1 Å². The standard InChI is InChI=1S/C14H18N2O5S/c1-3-9-8-14(2,21-12(9)17)13(18)16-10-4-6-11(7-5-10)22(15,19)20/h4-7,9H,3,8H2,1-2H3,(H,16,18)(H2,15,19,20)/t9-,14-/m1/s1. The van der Waals surface area contributed by atoms with Crippen LogP contribution in [0.4, 0.5) is 5.69 Å². The summed E-state index contributed by atoms with van der Waals surface area (Å²) in [6, 6.07) is 5.44. The summed E-state index contributed by atoms with van der Waals surface area (Å²) < 4.78 is 27.5. The molecule has 0 spiro atoms. The van der Waals surface area contributed by atoms with Crippen molar-refractivity contribution in [2.24, 2.45) is 11.1 Å². The zero-order valence-electron chi connectivity index (χ0n) is 12.3. The number of benzene rings is 1. The minimum atomic E-state index is -3.78. The third-order valence-electron chi connectivity index (χ3n) is 3.71. The molecule has 0 aromatic heterocycles. The van der Waals surface area contributed by atoms with E-state index in [4.69, 9.17) is 9.88 Å². The number of nitrogens with one attached hydrogen (secondary N) is 1. The van der Waals surface area contributed by atoms with Crippen molar-refractivity contribution >= 4 is 27.6 Å². The predicted octanol–water partition coefficient (Wildman–Crippen LogP) is 1.00. The fourth-order valence-electron chi connectivity index (χ4n) is 2.34. The first-order valence-electron chi connectivity index (χ1n) is 6.83. The van der Waals surface area contributed by atoms with E-state index in [1.54, 1.807) is 6.92 Å². The largest absolute Gasteiger partial charge is 0.449 e. The summed E-state index contributed by atoms with van der Waals surface area (Å²) in [4.78, 5) is 23.9. The number of cyclic esters (lactones) is 1. The molecule has 120 valence electrons. The van der Waals surface area contributed by atoms with Gasteiger partial charge in [-0.05, 0) is 37.6 Å².